The molecule has 0 radical (unpaired) electrons. The summed E-state index contributed by atoms with van der Waals surface area (Å²) >= 11 is 0. The Bertz CT molecular complexity index is 1120. The third-order valence-electron chi connectivity index (χ3n) is 6.27. The maximum absolute atomic E-state index is 11.1. The van der Waals surface area contributed by atoms with Crippen molar-refractivity contribution in [3.63, 3.8) is 0 Å². The second-order valence-electron chi connectivity index (χ2n) is 8.58. The van der Waals surface area contributed by atoms with Crippen LogP contribution in [0, 0.1) is 0 Å². The summed E-state index contributed by atoms with van der Waals surface area (Å²) < 4.78 is 20.1. The molecule has 5 rings (SSSR count). The molecule has 172 valence electrons. The van der Waals surface area contributed by atoms with Crippen molar-refractivity contribution in [2.75, 3.05) is 31.8 Å². The van der Waals surface area contributed by atoms with Crippen LogP contribution in [0.4, 0.5) is 0 Å². The lowest BCUT2D eigenvalue weighted by atomic mass is 10.0. The Morgan fingerprint density at radius 3 is 2.69 bits per heavy atom. The molecule has 2 aliphatic rings. The fourth-order valence-electron chi connectivity index (χ4n) is 4.12. The fourth-order valence-corrected chi connectivity index (χ4v) is 5.94. The fraction of sp³-hybridized carbons (Fsp3) is 0.545. The molecule has 5 heterocycles. The van der Waals surface area contributed by atoms with Crippen LogP contribution >= 0.6 is 0 Å². The Labute approximate surface area is 190 Å². The molecule has 0 saturated carbocycles. The van der Waals surface area contributed by atoms with Crippen LogP contribution in [0.15, 0.2) is 24.5 Å². The molecule has 2 saturated heterocycles. The van der Waals surface area contributed by atoms with Crippen LogP contribution in [-0.2, 0) is 22.6 Å². The lowest BCUT2D eigenvalue weighted by Crippen LogP contribution is -2.40. The minimum Gasteiger partial charge on any atom is -0.381 e. The molecular weight excluding hydrogens is 428 g/mol. The number of aryl methyl sites for hydroxylation is 1. The number of hydrogen-bond acceptors (Lipinski definition) is 7. The molecule has 0 bridgehead atoms. The average molecular weight is 459 g/mol. The number of carbonyl (C=O) groups is 1. The molecule has 3 aromatic heterocycles. The maximum Gasteiger partial charge on any atom is 0.151 e. The number of aldehydes is 1. The standard InChI is InChI=1S/C16H17N5O2.C6H13NOS/c1-20-13(2-5-18-20)16-15-14(8-11(10-22)9-17-15)21(19-16)12-3-6-23-7-4-12;1-6(7-2)3-4-9(8)5-6/h2,5,8-10,12H,3-4,6-7H2,1H3;7H,3-5H2,1-2H3. The van der Waals surface area contributed by atoms with E-state index in [1.165, 1.54) is 0 Å². The van der Waals surface area contributed by atoms with Gasteiger partial charge in [0.15, 0.2) is 6.29 Å². The average Bonchev–Trinajstić information content (AvgIpc) is 3.51. The molecule has 32 heavy (non-hydrogen) atoms. The van der Waals surface area contributed by atoms with E-state index in [4.69, 9.17) is 9.84 Å². The molecule has 2 fully saturated rings. The Kier molecular flexibility index (Phi) is 6.82. The summed E-state index contributed by atoms with van der Waals surface area (Å²) in [5.74, 6) is 1.70. The zero-order valence-electron chi connectivity index (χ0n) is 18.8. The Morgan fingerprint density at radius 1 is 1.34 bits per heavy atom. The van der Waals surface area contributed by atoms with Crippen molar-refractivity contribution in [3.05, 3.63) is 30.1 Å². The summed E-state index contributed by atoms with van der Waals surface area (Å²) in [5.41, 5.74) is 4.10. The van der Waals surface area contributed by atoms with Gasteiger partial charge < -0.3 is 10.1 Å². The Morgan fingerprint density at radius 2 is 2.12 bits per heavy atom. The van der Waals surface area contributed by atoms with Crippen molar-refractivity contribution in [1.29, 1.82) is 0 Å². The van der Waals surface area contributed by atoms with Crippen LogP contribution in [0.3, 0.4) is 0 Å². The van der Waals surface area contributed by atoms with Gasteiger partial charge in [-0.15, -0.1) is 0 Å². The van der Waals surface area contributed by atoms with Gasteiger partial charge in [-0.3, -0.25) is 23.4 Å². The molecule has 3 aromatic rings. The molecule has 0 aromatic carbocycles. The number of fused-ring (bicyclic) bond motifs is 1. The quantitative estimate of drug-likeness (QED) is 0.597. The third-order valence-corrected chi connectivity index (χ3v) is 7.89. The highest BCUT2D eigenvalue weighted by atomic mass is 32.2. The van der Waals surface area contributed by atoms with Gasteiger partial charge in [-0.1, -0.05) is 0 Å². The van der Waals surface area contributed by atoms with E-state index in [1.54, 1.807) is 17.1 Å². The van der Waals surface area contributed by atoms with Crippen LogP contribution in [0.25, 0.3) is 22.4 Å². The van der Waals surface area contributed by atoms with Gasteiger partial charge in [0.25, 0.3) is 0 Å². The Hall–Kier alpha value is -2.43. The highest BCUT2D eigenvalue weighted by molar-refractivity contribution is 7.85. The number of pyridine rings is 1. The first kappa shape index (κ1) is 22.8. The van der Waals surface area contributed by atoms with Crippen molar-refractivity contribution >= 4 is 28.1 Å². The van der Waals surface area contributed by atoms with Crippen LogP contribution < -0.4 is 5.32 Å². The van der Waals surface area contributed by atoms with Gasteiger partial charge in [-0.25, -0.2) is 0 Å². The molecule has 9 nitrogen and oxygen atoms in total. The molecular formula is C22H30N6O3S. The summed E-state index contributed by atoms with van der Waals surface area (Å²) in [4.78, 5) is 15.6. The molecule has 0 aliphatic carbocycles. The number of nitrogens with zero attached hydrogens (tertiary/aromatic N) is 5. The van der Waals surface area contributed by atoms with Crippen molar-refractivity contribution in [1.82, 2.24) is 29.9 Å². The van der Waals surface area contributed by atoms with Crippen LogP contribution in [0.5, 0.6) is 0 Å². The van der Waals surface area contributed by atoms with Crippen molar-refractivity contribution < 1.29 is 13.7 Å². The highest BCUT2D eigenvalue weighted by Gasteiger charge is 2.31. The number of hydrogen-bond donors (Lipinski definition) is 1. The molecule has 0 amide bonds. The third kappa shape index (κ3) is 4.67. The van der Waals surface area contributed by atoms with Crippen LogP contribution in [0.2, 0.25) is 0 Å². The lowest BCUT2D eigenvalue weighted by Gasteiger charge is -2.23. The number of carbonyl (C=O) groups excluding carboxylic acids is 1. The predicted octanol–water partition coefficient (Wildman–Crippen LogP) is 2.11. The molecule has 2 unspecified atom stereocenters. The van der Waals surface area contributed by atoms with Gasteiger partial charge in [-0.2, -0.15) is 10.2 Å². The maximum atomic E-state index is 11.1. The molecule has 2 atom stereocenters. The van der Waals surface area contributed by atoms with Crippen LogP contribution in [-0.4, -0.2) is 72.3 Å². The molecule has 10 heteroatoms. The van der Waals surface area contributed by atoms with E-state index in [2.05, 4.69) is 22.3 Å². The van der Waals surface area contributed by atoms with Gasteiger partial charge >= 0.3 is 0 Å². The minimum absolute atomic E-state index is 0.158. The summed E-state index contributed by atoms with van der Waals surface area (Å²) in [7, 11) is 3.26. The van der Waals surface area contributed by atoms with E-state index >= 15 is 0 Å². The highest BCUT2D eigenvalue weighted by Crippen LogP contribution is 2.31. The minimum atomic E-state index is -0.555. The molecule has 1 N–H and O–H groups in total. The second kappa shape index (κ2) is 9.60. The molecule has 2 aliphatic heterocycles. The number of aromatic nitrogens is 5. The summed E-state index contributed by atoms with van der Waals surface area (Å²) in [6, 6.07) is 4.04. The van der Waals surface area contributed by atoms with E-state index in [0.29, 0.717) is 5.56 Å². The Balaban J connectivity index is 0.000000230. The second-order valence-corrected chi connectivity index (χ2v) is 10.2. The smallest absolute Gasteiger partial charge is 0.151 e. The van der Waals surface area contributed by atoms with Crippen molar-refractivity contribution in [3.8, 4) is 11.4 Å². The predicted molar refractivity (Wildman–Crippen MR) is 124 cm³/mol. The van der Waals surface area contributed by atoms with E-state index in [9.17, 15) is 9.00 Å². The number of ether oxygens (including phenoxy) is 1. The van der Waals surface area contributed by atoms with Gasteiger partial charge in [0.2, 0.25) is 0 Å². The molecule has 0 spiro atoms. The topological polar surface area (TPSA) is 104 Å². The van der Waals surface area contributed by atoms with Crippen molar-refractivity contribution in [2.24, 2.45) is 7.05 Å². The van der Waals surface area contributed by atoms with Gasteiger partial charge in [0, 0.05) is 66.1 Å². The first-order valence-electron chi connectivity index (χ1n) is 10.9. The lowest BCUT2D eigenvalue weighted by molar-refractivity contribution is 0.0675. The normalized spacial score (nSPS) is 23.8. The first-order valence-corrected chi connectivity index (χ1v) is 12.4. The largest absolute Gasteiger partial charge is 0.381 e. The summed E-state index contributed by atoms with van der Waals surface area (Å²) in [6.45, 7) is 3.58. The number of rotatable bonds is 4. The van der Waals surface area contributed by atoms with Gasteiger partial charge in [0.1, 0.15) is 11.2 Å². The monoisotopic (exact) mass is 458 g/mol. The SMILES string of the molecule is CNC1(C)CCS(=O)C1.Cn1nccc1-c1nn(C2CCOCC2)c2cc(C=O)cnc12. The van der Waals surface area contributed by atoms with E-state index in [0.717, 1.165) is 72.7 Å². The summed E-state index contributed by atoms with van der Waals surface area (Å²) in [5, 5.41) is 12.2. The zero-order chi connectivity index (χ0) is 22.7. The van der Waals surface area contributed by atoms with Gasteiger partial charge in [-0.05, 0) is 45.4 Å². The first-order chi connectivity index (χ1) is 15.4. The zero-order valence-corrected chi connectivity index (χ0v) is 19.6. The summed E-state index contributed by atoms with van der Waals surface area (Å²) in [6.07, 6.45) is 7.02. The van der Waals surface area contributed by atoms with E-state index in [1.807, 2.05) is 30.9 Å². The van der Waals surface area contributed by atoms with E-state index < -0.39 is 10.8 Å². The van der Waals surface area contributed by atoms with E-state index in [-0.39, 0.29) is 11.6 Å². The number of nitrogens with one attached hydrogen (secondary N) is 1. The van der Waals surface area contributed by atoms with Gasteiger partial charge in [0.05, 0.1) is 17.3 Å². The van der Waals surface area contributed by atoms with Crippen molar-refractivity contribution in [2.45, 2.75) is 37.8 Å². The van der Waals surface area contributed by atoms with Crippen LogP contribution in [0.1, 0.15) is 42.6 Å².